The second-order valence-corrected chi connectivity index (χ2v) is 28.3. The highest BCUT2D eigenvalue weighted by Crippen LogP contribution is 2.28. The number of carbonyl (C=O) groups is 6. The van der Waals surface area contributed by atoms with Gasteiger partial charge in [-0.15, -0.1) is 23.5 Å². The van der Waals surface area contributed by atoms with Gasteiger partial charge in [0.25, 0.3) is 0 Å². The molecule has 2 saturated heterocycles. The molecule has 0 aliphatic carbocycles. The Morgan fingerprint density at radius 3 is 1.36 bits per heavy atom. The van der Waals surface area contributed by atoms with Gasteiger partial charge in [0.1, 0.15) is 28.4 Å². The summed E-state index contributed by atoms with van der Waals surface area (Å²) in [6.07, 6.45) is 10.2. The summed E-state index contributed by atoms with van der Waals surface area (Å²) in [7, 11) is 0. The number of amides is 2. The quantitative estimate of drug-likeness (QED) is 0.0235. The van der Waals surface area contributed by atoms with Crippen LogP contribution < -0.4 is 44.2 Å². The first-order valence-electron chi connectivity index (χ1n) is 35.2. The van der Waals surface area contributed by atoms with E-state index in [1.807, 2.05) is 12.1 Å². The predicted molar refractivity (Wildman–Crippen MR) is 400 cm³/mol. The van der Waals surface area contributed by atoms with Gasteiger partial charge in [0.05, 0.1) is 49.1 Å². The molecule has 2 amide bonds. The van der Waals surface area contributed by atoms with Gasteiger partial charge in [-0.3, -0.25) is 48.4 Å². The number of unbranched alkanes of at least 4 members (excludes halogenated alkanes) is 4. The fourth-order valence-corrected chi connectivity index (χ4v) is 13.9. The van der Waals surface area contributed by atoms with Gasteiger partial charge >= 0.3 is 23.9 Å². The third-order valence-corrected chi connectivity index (χ3v) is 20.4. The molecule has 2 aliphatic rings. The highest BCUT2D eigenvalue weighted by atomic mass is 32.2. The minimum absolute atomic E-state index is 0.0608. The van der Waals surface area contributed by atoms with E-state index < -0.39 is 64.7 Å². The van der Waals surface area contributed by atoms with E-state index in [4.69, 9.17) is 47.7 Å². The summed E-state index contributed by atoms with van der Waals surface area (Å²) in [4.78, 5) is 96.6. The van der Waals surface area contributed by atoms with Crippen LogP contribution in [0.4, 0.5) is 23.5 Å². The molecule has 0 saturated carbocycles. The molecule has 102 heavy (non-hydrogen) atoms. The molecular formula is C70H106N18O12S2. The maximum absolute atomic E-state index is 12.4. The van der Waals surface area contributed by atoms with Crippen LogP contribution in [0.1, 0.15) is 98.6 Å². The number of fused-ring (bicyclic) bond motifs is 2. The Hall–Kier alpha value is -7.92. The number of nitrogens with one attached hydrogen (secondary N) is 4. The summed E-state index contributed by atoms with van der Waals surface area (Å²) in [5.41, 5.74) is 34.1. The van der Waals surface area contributed by atoms with Crippen LogP contribution in [-0.2, 0) is 64.4 Å². The standard InChI is InChI=1S/2C35H53N9O6S/c1-3-4-5-9-38-32-31-28(40-35(37)41-32)8-11-44(31)22-26-7-6-25(19-24(26)2)21-43-14-12-42(13-15-43)16-18-50-17-10-39-33(47)29(20-30(45)46)51-23-27(36)34(48)49;1-3-4-5-9-39-32-31-28(40-35(37)41-32)8-11-44(31)22-26-7-6-25(19-24(26)2)21-43-14-12-42(13-15-43)16-18-50-17-10-38-30(45)20-29(34(48)49)51-23-27(36)33(46)47/h6-8,11,19,27,29H,3-5,9-10,12-18,20-23,36H2,1-2H3,(H,39,47)(H,45,46)(H,48,49)(H3,37,38,40,41);6-8,11,19,27,29H,3-5,9-10,12-18,20-23,36H2,1-2H3,(H,38,45)(H,46,47)(H,48,49)(H3,37,39,40,41)/t2*27-,29?/m00/s1. The summed E-state index contributed by atoms with van der Waals surface area (Å²) in [5, 5.41) is 46.5. The average molecular weight is 1460 g/mol. The predicted octanol–water partition coefficient (Wildman–Crippen LogP) is 4.42. The molecule has 32 heteroatoms. The fraction of sp³-hybridized carbons (Fsp3) is 0.571. The molecule has 0 radical (unpaired) electrons. The number of nitrogens with zero attached hydrogens (tertiary/aromatic N) is 10. The van der Waals surface area contributed by atoms with E-state index in [0.29, 0.717) is 33.0 Å². The van der Waals surface area contributed by atoms with Crippen LogP contribution >= 0.6 is 23.5 Å². The number of aromatic nitrogens is 6. The zero-order valence-electron chi connectivity index (χ0n) is 59.4. The molecule has 0 spiro atoms. The summed E-state index contributed by atoms with van der Waals surface area (Å²) in [6.45, 7) is 24.9. The normalized spacial score (nSPS) is 15.1. The second-order valence-electron chi connectivity index (χ2n) is 25.8. The van der Waals surface area contributed by atoms with Gasteiger partial charge in [0.2, 0.25) is 23.7 Å². The highest BCUT2D eigenvalue weighted by molar-refractivity contribution is 8.00. The molecule has 2 unspecified atom stereocenters. The van der Waals surface area contributed by atoms with Crippen LogP contribution in [0.25, 0.3) is 22.1 Å². The Balaban J connectivity index is 0.000000286. The van der Waals surface area contributed by atoms with Crippen LogP contribution in [-0.4, -0.2) is 257 Å². The first-order valence-corrected chi connectivity index (χ1v) is 37.3. The maximum Gasteiger partial charge on any atom is 0.321 e. The number of hydrogen-bond donors (Lipinski definition) is 12. The van der Waals surface area contributed by atoms with Gasteiger partial charge in [0, 0.05) is 148 Å². The van der Waals surface area contributed by atoms with Crippen molar-refractivity contribution in [3.63, 3.8) is 0 Å². The monoisotopic (exact) mass is 1450 g/mol. The number of rotatable bonds is 44. The molecule has 4 atom stereocenters. The number of benzene rings is 2. The largest absolute Gasteiger partial charge is 0.481 e. The number of carboxylic acids is 4. The number of piperazine rings is 2. The van der Waals surface area contributed by atoms with E-state index in [2.05, 4.69) is 146 Å². The molecule has 16 N–H and O–H groups in total. The minimum atomic E-state index is -1.21. The summed E-state index contributed by atoms with van der Waals surface area (Å²) < 4.78 is 15.8. The van der Waals surface area contributed by atoms with E-state index >= 15 is 0 Å². The molecule has 2 aromatic carbocycles. The zero-order chi connectivity index (χ0) is 73.5. The first-order chi connectivity index (χ1) is 49.1. The number of ether oxygens (including phenoxy) is 2. The minimum Gasteiger partial charge on any atom is -0.481 e. The molecule has 2 fully saturated rings. The SMILES string of the molecule is CCCCCNc1nc(N)nc2ccn(Cc3ccc(CN4CCN(CCOCCNC(=O)C(CC(=O)O)SC[C@H](N)C(=O)O)CC4)cc3C)c12.CCCCCNc1nc(N)nc2ccn(Cc3ccc(CN4CCN(CCOCCNC(=O)CC(SC[C@H](N)C(=O)O)C(=O)O)CC4)cc3C)c12. The molecule has 0 bridgehead atoms. The van der Waals surface area contributed by atoms with Crippen LogP contribution in [0.15, 0.2) is 60.9 Å². The van der Waals surface area contributed by atoms with Crippen molar-refractivity contribution in [2.24, 2.45) is 11.5 Å². The first kappa shape index (κ1) is 81.4. The van der Waals surface area contributed by atoms with Gasteiger partial charge in [-0.05, 0) is 72.2 Å². The van der Waals surface area contributed by atoms with Gasteiger partial charge < -0.3 is 83.2 Å². The van der Waals surface area contributed by atoms with Crippen molar-refractivity contribution >= 4 is 105 Å². The van der Waals surface area contributed by atoms with Crippen molar-refractivity contribution < 1.29 is 58.7 Å². The molecule has 4 aromatic heterocycles. The van der Waals surface area contributed by atoms with Crippen LogP contribution in [0.5, 0.6) is 0 Å². The number of nitrogens with two attached hydrogens (primary N) is 4. The van der Waals surface area contributed by atoms with Crippen molar-refractivity contribution in [3.8, 4) is 0 Å². The molecule has 6 heterocycles. The fourth-order valence-electron chi connectivity index (χ4n) is 11.9. The maximum atomic E-state index is 12.4. The third kappa shape index (κ3) is 27.0. The second kappa shape index (κ2) is 42.6. The highest BCUT2D eigenvalue weighted by Gasteiger charge is 2.27. The number of thioether (sulfide) groups is 2. The van der Waals surface area contributed by atoms with Crippen LogP contribution in [0.2, 0.25) is 0 Å². The lowest BCUT2D eigenvalue weighted by Crippen LogP contribution is -2.46. The third-order valence-electron chi connectivity index (χ3n) is 17.7. The van der Waals surface area contributed by atoms with Gasteiger partial charge in [0.15, 0.2) is 11.6 Å². The van der Waals surface area contributed by atoms with E-state index in [9.17, 15) is 33.9 Å². The molecule has 6 aromatic rings. The molecule has 2 aliphatic heterocycles. The molecule has 560 valence electrons. The number of aryl methyl sites for hydroxylation is 2. The number of hydrogen-bond acceptors (Lipinski definition) is 24. The Kier molecular flexibility index (Phi) is 34.0. The van der Waals surface area contributed by atoms with Crippen molar-refractivity contribution in [3.05, 3.63) is 94.3 Å². The zero-order valence-corrected chi connectivity index (χ0v) is 61.0. The lowest BCUT2D eigenvalue weighted by molar-refractivity contribution is -0.139. The number of carbonyl (C=O) groups excluding carboxylic acids is 2. The van der Waals surface area contributed by atoms with Gasteiger partial charge in [-0.25, -0.2) is 9.97 Å². The Labute approximate surface area is 605 Å². The number of nitrogen functional groups attached to an aromatic ring is 2. The van der Waals surface area contributed by atoms with Crippen molar-refractivity contribution in [2.45, 2.75) is 128 Å². The smallest absolute Gasteiger partial charge is 0.321 e. The van der Waals surface area contributed by atoms with Crippen molar-refractivity contribution in [2.75, 3.05) is 152 Å². The lowest BCUT2D eigenvalue weighted by atomic mass is 10.0. The van der Waals surface area contributed by atoms with Gasteiger partial charge in [-0.1, -0.05) is 75.9 Å². The topological polar surface area (TPSA) is 428 Å². The number of carboxylic acid groups (broad SMARTS) is 4. The molecule has 30 nitrogen and oxygen atoms in total. The van der Waals surface area contributed by atoms with Crippen molar-refractivity contribution in [1.82, 2.24) is 59.3 Å². The summed E-state index contributed by atoms with van der Waals surface area (Å²) in [6, 6.07) is 15.1. The number of anilines is 4. The lowest BCUT2D eigenvalue weighted by Gasteiger charge is -2.34. The summed E-state index contributed by atoms with van der Waals surface area (Å²) in [5.74, 6) is -3.68. The van der Waals surface area contributed by atoms with Crippen LogP contribution in [0.3, 0.4) is 0 Å². The van der Waals surface area contributed by atoms with E-state index in [1.54, 1.807) is 0 Å². The van der Waals surface area contributed by atoms with E-state index in [1.165, 1.54) is 33.4 Å². The average Bonchev–Trinajstić information content (AvgIpc) is 1.57. The van der Waals surface area contributed by atoms with E-state index in [-0.39, 0.29) is 42.9 Å². The van der Waals surface area contributed by atoms with Gasteiger partial charge in [-0.2, -0.15) is 9.97 Å². The van der Waals surface area contributed by atoms with Crippen molar-refractivity contribution in [1.29, 1.82) is 0 Å². The Morgan fingerprint density at radius 1 is 0.520 bits per heavy atom. The Morgan fingerprint density at radius 2 is 0.951 bits per heavy atom. The van der Waals surface area contributed by atoms with Crippen LogP contribution in [0, 0.1) is 13.8 Å². The Bertz CT molecular complexity index is 3660. The van der Waals surface area contributed by atoms with E-state index in [0.717, 1.165) is 194 Å². The number of aliphatic carboxylic acids is 4. The summed E-state index contributed by atoms with van der Waals surface area (Å²) >= 11 is 1.77. The molecular weight excluding hydrogens is 1350 g/mol. The molecule has 8 rings (SSSR count).